The van der Waals surface area contributed by atoms with Crippen LogP contribution in [-0.4, -0.2) is 14.8 Å². The van der Waals surface area contributed by atoms with Crippen LogP contribution >= 0.6 is 0 Å². The van der Waals surface area contributed by atoms with E-state index < -0.39 is 0 Å². The van der Waals surface area contributed by atoms with Gasteiger partial charge in [0.25, 0.3) is 0 Å². The van der Waals surface area contributed by atoms with Gasteiger partial charge in [0.15, 0.2) is 0 Å². The molecule has 1 N–H and O–H groups in total. The predicted molar refractivity (Wildman–Crippen MR) is 83.1 cm³/mol. The van der Waals surface area contributed by atoms with Crippen molar-refractivity contribution in [1.82, 2.24) is 20.1 Å². The quantitative estimate of drug-likeness (QED) is 0.779. The topological polar surface area (TPSA) is 42.7 Å². The highest BCUT2D eigenvalue weighted by Crippen LogP contribution is 2.13. The van der Waals surface area contributed by atoms with Gasteiger partial charge in [-0.05, 0) is 48.4 Å². The SMILES string of the molecule is CC(NCc1ccc(-n2cccn2)cc1)c1ccncc1. The summed E-state index contributed by atoms with van der Waals surface area (Å²) in [5.41, 5.74) is 3.58. The fourth-order valence-corrected chi connectivity index (χ4v) is 2.23. The standard InChI is InChI=1S/C17H18N4/c1-14(16-7-10-18-11-8-16)19-13-15-3-5-17(6-4-15)21-12-2-9-20-21/h2-12,14,19H,13H2,1H3. The van der Waals surface area contributed by atoms with Crippen LogP contribution in [0.25, 0.3) is 5.69 Å². The first kappa shape index (κ1) is 13.5. The summed E-state index contributed by atoms with van der Waals surface area (Å²) in [4.78, 5) is 4.04. The fraction of sp³-hybridized carbons (Fsp3) is 0.176. The zero-order valence-electron chi connectivity index (χ0n) is 12.0. The largest absolute Gasteiger partial charge is 0.306 e. The van der Waals surface area contributed by atoms with Crippen molar-refractivity contribution in [3.63, 3.8) is 0 Å². The first-order valence-corrected chi connectivity index (χ1v) is 7.05. The number of benzene rings is 1. The van der Waals surface area contributed by atoms with E-state index in [-0.39, 0.29) is 0 Å². The number of nitrogens with one attached hydrogen (secondary N) is 1. The van der Waals surface area contributed by atoms with Gasteiger partial charge >= 0.3 is 0 Å². The number of hydrogen-bond acceptors (Lipinski definition) is 3. The molecule has 21 heavy (non-hydrogen) atoms. The zero-order chi connectivity index (χ0) is 14.5. The third-order valence-corrected chi connectivity index (χ3v) is 3.52. The average molecular weight is 278 g/mol. The predicted octanol–water partition coefficient (Wildman–Crippen LogP) is 3.12. The number of pyridine rings is 1. The van der Waals surface area contributed by atoms with E-state index in [2.05, 4.69) is 46.6 Å². The number of nitrogens with zero attached hydrogens (tertiary/aromatic N) is 3. The van der Waals surface area contributed by atoms with Crippen LogP contribution in [0.2, 0.25) is 0 Å². The van der Waals surface area contributed by atoms with E-state index in [1.54, 1.807) is 6.20 Å². The van der Waals surface area contributed by atoms with E-state index in [4.69, 9.17) is 0 Å². The molecule has 0 aliphatic carbocycles. The van der Waals surface area contributed by atoms with E-state index in [1.165, 1.54) is 11.1 Å². The second-order valence-electron chi connectivity index (χ2n) is 5.00. The molecule has 0 radical (unpaired) electrons. The molecule has 4 heteroatoms. The average Bonchev–Trinajstić information content (AvgIpc) is 3.08. The summed E-state index contributed by atoms with van der Waals surface area (Å²) in [6.45, 7) is 3.00. The second-order valence-corrected chi connectivity index (χ2v) is 5.00. The zero-order valence-corrected chi connectivity index (χ0v) is 12.0. The molecule has 1 aromatic carbocycles. The Hall–Kier alpha value is -2.46. The van der Waals surface area contributed by atoms with E-state index >= 15 is 0 Å². The summed E-state index contributed by atoms with van der Waals surface area (Å²) in [5.74, 6) is 0. The summed E-state index contributed by atoms with van der Waals surface area (Å²) < 4.78 is 1.86. The smallest absolute Gasteiger partial charge is 0.0645 e. The van der Waals surface area contributed by atoms with Crippen molar-refractivity contribution in [3.8, 4) is 5.69 Å². The maximum atomic E-state index is 4.23. The molecule has 2 heterocycles. The molecule has 0 aliphatic heterocycles. The fourth-order valence-electron chi connectivity index (χ4n) is 2.23. The maximum Gasteiger partial charge on any atom is 0.0645 e. The van der Waals surface area contributed by atoms with Gasteiger partial charge in [-0.3, -0.25) is 4.98 Å². The molecule has 2 aromatic heterocycles. The van der Waals surface area contributed by atoms with Crippen molar-refractivity contribution in [2.24, 2.45) is 0 Å². The van der Waals surface area contributed by atoms with Gasteiger partial charge in [0, 0.05) is 37.4 Å². The minimum absolute atomic E-state index is 0.304. The lowest BCUT2D eigenvalue weighted by Crippen LogP contribution is -2.18. The Morgan fingerprint density at radius 3 is 2.48 bits per heavy atom. The minimum Gasteiger partial charge on any atom is -0.306 e. The van der Waals surface area contributed by atoms with Gasteiger partial charge in [-0.25, -0.2) is 4.68 Å². The van der Waals surface area contributed by atoms with E-state index in [1.807, 2.05) is 41.5 Å². The van der Waals surface area contributed by atoms with Crippen LogP contribution in [0.5, 0.6) is 0 Å². The van der Waals surface area contributed by atoms with Crippen molar-refractivity contribution >= 4 is 0 Å². The summed E-state index contributed by atoms with van der Waals surface area (Å²) in [6, 6.07) is 14.7. The first-order valence-electron chi connectivity index (χ1n) is 7.05. The number of rotatable bonds is 5. The Morgan fingerprint density at radius 1 is 1.05 bits per heavy atom. The highest BCUT2D eigenvalue weighted by molar-refractivity contribution is 5.33. The molecule has 106 valence electrons. The van der Waals surface area contributed by atoms with Gasteiger partial charge in [-0.1, -0.05) is 12.1 Å². The van der Waals surface area contributed by atoms with Gasteiger partial charge < -0.3 is 5.32 Å². The Morgan fingerprint density at radius 2 is 1.81 bits per heavy atom. The molecule has 0 aliphatic rings. The van der Waals surface area contributed by atoms with Crippen molar-refractivity contribution in [2.75, 3.05) is 0 Å². The normalized spacial score (nSPS) is 12.2. The summed E-state index contributed by atoms with van der Waals surface area (Å²) in [5, 5.41) is 7.74. The highest BCUT2D eigenvalue weighted by Gasteiger charge is 2.04. The van der Waals surface area contributed by atoms with Crippen LogP contribution < -0.4 is 5.32 Å². The molecule has 0 spiro atoms. The Balaban J connectivity index is 1.61. The molecule has 0 saturated heterocycles. The molecule has 1 unspecified atom stereocenters. The van der Waals surface area contributed by atoms with Crippen LogP contribution in [0.15, 0.2) is 67.3 Å². The third-order valence-electron chi connectivity index (χ3n) is 3.52. The van der Waals surface area contributed by atoms with E-state index in [0.29, 0.717) is 6.04 Å². The summed E-state index contributed by atoms with van der Waals surface area (Å²) >= 11 is 0. The second kappa shape index (κ2) is 6.33. The molecule has 3 rings (SSSR count). The highest BCUT2D eigenvalue weighted by atomic mass is 15.3. The summed E-state index contributed by atoms with van der Waals surface area (Å²) in [6.07, 6.45) is 7.38. The molecule has 0 fully saturated rings. The van der Waals surface area contributed by atoms with Crippen LogP contribution in [0, 0.1) is 0 Å². The molecular formula is C17H18N4. The maximum absolute atomic E-state index is 4.23. The summed E-state index contributed by atoms with van der Waals surface area (Å²) in [7, 11) is 0. The Bertz CT molecular complexity index is 660. The monoisotopic (exact) mass is 278 g/mol. The van der Waals surface area contributed by atoms with Gasteiger partial charge in [0.1, 0.15) is 0 Å². The Labute approximate surface area is 124 Å². The lowest BCUT2D eigenvalue weighted by Gasteiger charge is -2.14. The lowest BCUT2D eigenvalue weighted by atomic mass is 10.1. The van der Waals surface area contributed by atoms with Gasteiger partial charge in [-0.2, -0.15) is 5.10 Å². The molecular weight excluding hydrogens is 260 g/mol. The molecule has 0 amide bonds. The third kappa shape index (κ3) is 3.35. The van der Waals surface area contributed by atoms with Gasteiger partial charge in [0.05, 0.1) is 5.69 Å². The van der Waals surface area contributed by atoms with E-state index in [9.17, 15) is 0 Å². The first-order chi connectivity index (χ1) is 10.3. The molecule has 4 nitrogen and oxygen atoms in total. The molecule has 3 aromatic rings. The van der Waals surface area contributed by atoms with Crippen molar-refractivity contribution < 1.29 is 0 Å². The van der Waals surface area contributed by atoms with Gasteiger partial charge in [-0.15, -0.1) is 0 Å². The molecule has 0 saturated carbocycles. The van der Waals surface area contributed by atoms with Crippen molar-refractivity contribution in [3.05, 3.63) is 78.4 Å². The Kier molecular flexibility index (Phi) is 4.07. The minimum atomic E-state index is 0.304. The lowest BCUT2D eigenvalue weighted by molar-refractivity contribution is 0.574. The molecule has 0 bridgehead atoms. The van der Waals surface area contributed by atoms with Crippen molar-refractivity contribution in [1.29, 1.82) is 0 Å². The number of aromatic nitrogens is 3. The van der Waals surface area contributed by atoms with Crippen LogP contribution in [0.4, 0.5) is 0 Å². The van der Waals surface area contributed by atoms with Crippen LogP contribution in [0.3, 0.4) is 0 Å². The van der Waals surface area contributed by atoms with Gasteiger partial charge in [0.2, 0.25) is 0 Å². The number of hydrogen-bond donors (Lipinski definition) is 1. The van der Waals surface area contributed by atoms with E-state index in [0.717, 1.165) is 12.2 Å². The molecule has 1 atom stereocenters. The van der Waals surface area contributed by atoms with Crippen LogP contribution in [-0.2, 0) is 6.54 Å². The van der Waals surface area contributed by atoms with Crippen molar-refractivity contribution in [2.45, 2.75) is 19.5 Å². The van der Waals surface area contributed by atoms with Crippen LogP contribution in [0.1, 0.15) is 24.1 Å².